The number of amides is 2. The summed E-state index contributed by atoms with van der Waals surface area (Å²) >= 11 is 0. The van der Waals surface area contributed by atoms with Crippen LogP contribution in [0.25, 0.3) is 0 Å². The van der Waals surface area contributed by atoms with Crippen LogP contribution in [0.15, 0.2) is 0 Å². The van der Waals surface area contributed by atoms with Crippen LogP contribution in [-0.4, -0.2) is 20.5 Å². The normalized spacial score (nSPS) is 7.14. The molecule has 2 N–H and O–H groups in total. The lowest BCUT2D eigenvalue weighted by atomic mass is 10.0. The number of hydrogen-bond acceptors (Lipinski definition) is 1. The first-order valence-corrected chi connectivity index (χ1v) is 2.26. The molecule has 0 spiro atoms. The molecule has 0 aliphatic carbocycles. The first-order valence-electron chi connectivity index (χ1n) is 2.26. The molecule has 0 aromatic heterocycles. The highest BCUT2D eigenvalue weighted by Gasteiger charge is 1.87. The van der Waals surface area contributed by atoms with Crippen LogP contribution in [0.1, 0.15) is 0 Å². The highest BCUT2D eigenvalue weighted by molar-refractivity contribution is 6.34. The average Bonchev–Trinajstić information content (AvgIpc) is 1.68. The predicted octanol–water partition coefficient (Wildman–Crippen LogP) is -0.685. The minimum absolute atomic E-state index is 0.123. The van der Waals surface area contributed by atoms with E-state index in [0.717, 1.165) is 0 Å². The van der Waals surface area contributed by atoms with Crippen molar-refractivity contribution < 1.29 is 4.79 Å². The monoisotopic (exact) mass is 100 g/mol. The maximum absolute atomic E-state index is 10.2. The Labute approximate surface area is 43.7 Å². The molecule has 0 aliphatic rings. The van der Waals surface area contributed by atoms with Crippen molar-refractivity contribution >= 4 is 13.4 Å². The summed E-state index contributed by atoms with van der Waals surface area (Å²) in [6.45, 7) is 1.87. The third-order valence-electron chi connectivity index (χ3n) is 0.564. The fourth-order valence-electron chi connectivity index (χ4n) is 0.249. The lowest BCUT2D eigenvalue weighted by Crippen LogP contribution is -2.33. The molecule has 0 fully saturated rings. The summed E-state index contributed by atoms with van der Waals surface area (Å²) in [6.07, 6.45) is 0. The Morgan fingerprint density at radius 2 is 2.29 bits per heavy atom. The minimum Gasteiger partial charge on any atom is -0.385 e. The molecule has 0 aliphatic heterocycles. The van der Waals surface area contributed by atoms with E-state index < -0.39 is 0 Å². The van der Waals surface area contributed by atoms with E-state index in [1.807, 2.05) is 6.82 Å². The molecule has 0 saturated carbocycles. The van der Waals surface area contributed by atoms with Crippen molar-refractivity contribution in [1.29, 1.82) is 0 Å². The van der Waals surface area contributed by atoms with E-state index in [1.54, 1.807) is 7.05 Å². The van der Waals surface area contributed by atoms with Crippen LogP contribution in [0.4, 0.5) is 4.79 Å². The zero-order chi connectivity index (χ0) is 5.70. The molecule has 40 valence electrons. The lowest BCUT2D eigenvalue weighted by molar-refractivity contribution is 0.248. The Hall–Kier alpha value is -0.665. The van der Waals surface area contributed by atoms with E-state index in [-0.39, 0.29) is 6.03 Å². The Balaban J connectivity index is 3.00. The fourth-order valence-corrected chi connectivity index (χ4v) is 0.249. The molecule has 7 heavy (non-hydrogen) atoms. The van der Waals surface area contributed by atoms with Gasteiger partial charge in [-0.25, -0.2) is 0 Å². The average molecular weight is 99.9 g/mol. The van der Waals surface area contributed by atoms with E-state index in [0.29, 0.717) is 7.41 Å². The Bertz CT molecular complexity index is 66.0. The molecule has 4 heteroatoms. The van der Waals surface area contributed by atoms with Gasteiger partial charge >= 0.3 is 6.03 Å². The smallest absolute Gasteiger partial charge is 0.302 e. The predicted molar refractivity (Wildman–Crippen MR) is 30.6 cm³/mol. The Kier molecular flexibility index (Phi) is 3.19. The van der Waals surface area contributed by atoms with Gasteiger partial charge in [-0.05, 0) is 0 Å². The van der Waals surface area contributed by atoms with Gasteiger partial charge in [0.15, 0.2) is 0 Å². The van der Waals surface area contributed by atoms with E-state index in [1.165, 1.54) is 0 Å². The molecule has 0 bridgehead atoms. The highest BCUT2D eigenvalue weighted by atomic mass is 16.2. The van der Waals surface area contributed by atoms with Gasteiger partial charge in [0.25, 0.3) is 0 Å². The summed E-state index contributed by atoms with van der Waals surface area (Å²) < 4.78 is 0. The van der Waals surface area contributed by atoms with Gasteiger partial charge in [-0.3, -0.25) is 4.79 Å². The number of nitrogens with one attached hydrogen (secondary N) is 2. The number of urea groups is 1. The first kappa shape index (κ1) is 6.33. The molecular formula is C3H9BN2O. The van der Waals surface area contributed by atoms with Gasteiger partial charge in [-0.15, -0.1) is 0 Å². The standard InChI is InChI=1S/C3H9BN2O/c1-4-6-3(7)5-2/h4H,1-2H3,(H2,5,6,7). The third-order valence-corrected chi connectivity index (χ3v) is 0.564. The summed E-state index contributed by atoms with van der Waals surface area (Å²) in [7, 11) is 2.27. The fraction of sp³-hybridized carbons (Fsp3) is 0.667. The first-order chi connectivity index (χ1) is 3.31. The molecule has 0 unspecified atom stereocenters. The van der Waals surface area contributed by atoms with Crippen molar-refractivity contribution in [2.24, 2.45) is 0 Å². The molecule has 0 radical (unpaired) electrons. The van der Waals surface area contributed by atoms with Crippen molar-refractivity contribution in [3.05, 3.63) is 0 Å². The Morgan fingerprint density at radius 3 is 2.43 bits per heavy atom. The minimum atomic E-state index is -0.123. The molecular weight excluding hydrogens is 90.9 g/mol. The number of carbonyl (C=O) groups excluding carboxylic acids is 1. The molecule has 3 nitrogen and oxygen atoms in total. The second kappa shape index (κ2) is 3.52. The zero-order valence-electron chi connectivity index (χ0n) is 4.62. The van der Waals surface area contributed by atoms with Crippen molar-refractivity contribution in [3.8, 4) is 0 Å². The van der Waals surface area contributed by atoms with Crippen LogP contribution in [0.2, 0.25) is 6.82 Å². The molecule has 0 atom stereocenters. The van der Waals surface area contributed by atoms with Crippen molar-refractivity contribution in [1.82, 2.24) is 10.5 Å². The summed E-state index contributed by atoms with van der Waals surface area (Å²) in [5.74, 6) is 0. The summed E-state index contributed by atoms with van der Waals surface area (Å²) in [5.41, 5.74) is 0. The molecule has 0 aromatic rings. The number of carbonyl (C=O) groups is 1. The third kappa shape index (κ3) is 3.16. The van der Waals surface area contributed by atoms with Crippen LogP contribution in [0.5, 0.6) is 0 Å². The quantitative estimate of drug-likeness (QED) is 0.421. The second-order valence-electron chi connectivity index (χ2n) is 1.11. The number of rotatable bonds is 1. The highest BCUT2D eigenvalue weighted by Crippen LogP contribution is 1.53. The maximum Gasteiger partial charge on any atom is 0.302 e. The van der Waals surface area contributed by atoms with Crippen molar-refractivity contribution in [3.63, 3.8) is 0 Å². The topological polar surface area (TPSA) is 41.1 Å². The van der Waals surface area contributed by atoms with Crippen LogP contribution in [0.3, 0.4) is 0 Å². The van der Waals surface area contributed by atoms with Gasteiger partial charge in [0, 0.05) is 7.05 Å². The molecule has 0 rings (SSSR count). The molecule has 0 heterocycles. The van der Waals surface area contributed by atoms with Gasteiger partial charge in [0.05, 0.1) is 0 Å². The van der Waals surface area contributed by atoms with Crippen molar-refractivity contribution in [2.75, 3.05) is 7.05 Å². The van der Waals surface area contributed by atoms with Gasteiger partial charge in [-0.2, -0.15) is 0 Å². The van der Waals surface area contributed by atoms with Crippen LogP contribution in [-0.2, 0) is 0 Å². The van der Waals surface area contributed by atoms with E-state index in [4.69, 9.17) is 0 Å². The van der Waals surface area contributed by atoms with E-state index >= 15 is 0 Å². The van der Waals surface area contributed by atoms with Crippen LogP contribution in [0, 0.1) is 0 Å². The van der Waals surface area contributed by atoms with Gasteiger partial charge in [-0.1, -0.05) is 6.82 Å². The van der Waals surface area contributed by atoms with Crippen LogP contribution >= 0.6 is 0 Å². The van der Waals surface area contributed by atoms with Gasteiger partial charge < -0.3 is 10.5 Å². The van der Waals surface area contributed by atoms with Gasteiger partial charge in [0.1, 0.15) is 0 Å². The lowest BCUT2D eigenvalue weighted by Gasteiger charge is -1.95. The molecule has 0 aromatic carbocycles. The zero-order valence-corrected chi connectivity index (χ0v) is 4.62. The number of hydrogen-bond donors (Lipinski definition) is 2. The van der Waals surface area contributed by atoms with Crippen LogP contribution < -0.4 is 10.5 Å². The summed E-state index contributed by atoms with van der Waals surface area (Å²) in [4.78, 5) is 10.2. The van der Waals surface area contributed by atoms with Gasteiger partial charge in [0.2, 0.25) is 7.41 Å². The Morgan fingerprint density at radius 1 is 1.71 bits per heavy atom. The summed E-state index contributed by atoms with van der Waals surface area (Å²) in [6, 6.07) is -0.123. The molecule has 2 amide bonds. The molecule has 0 saturated heterocycles. The maximum atomic E-state index is 10.2. The van der Waals surface area contributed by atoms with E-state index in [9.17, 15) is 4.79 Å². The summed E-state index contributed by atoms with van der Waals surface area (Å²) in [5, 5.41) is 4.96. The van der Waals surface area contributed by atoms with E-state index in [2.05, 4.69) is 10.5 Å². The second-order valence-corrected chi connectivity index (χ2v) is 1.11. The SMILES string of the molecule is CBNC(=O)NC. The van der Waals surface area contributed by atoms with Crippen molar-refractivity contribution in [2.45, 2.75) is 6.82 Å². The largest absolute Gasteiger partial charge is 0.385 e.